The molecule has 2 rings (SSSR count). The molecule has 0 heterocycles. The molecule has 0 bridgehead atoms. The maximum Gasteiger partial charge on any atom is 0.119 e. The Kier molecular flexibility index (Phi) is 4.83. The van der Waals surface area contributed by atoms with Crippen molar-refractivity contribution in [1.82, 2.24) is 0 Å². The number of ether oxygens (including phenoxy) is 1. The first-order valence-corrected chi connectivity index (χ1v) is 6.59. The molecule has 0 spiro atoms. The summed E-state index contributed by atoms with van der Waals surface area (Å²) >= 11 is 0. The Balaban J connectivity index is 1.94. The second kappa shape index (κ2) is 6.85. The maximum atomic E-state index is 5.69. The maximum absolute atomic E-state index is 5.69. The molecule has 2 aromatic carbocycles. The van der Waals surface area contributed by atoms with Crippen LogP contribution in [0, 0.1) is 6.07 Å². The van der Waals surface area contributed by atoms with Crippen molar-refractivity contribution in [2.45, 2.75) is 26.2 Å². The van der Waals surface area contributed by atoms with Crippen LogP contribution in [0.25, 0.3) is 11.1 Å². The molecule has 0 saturated heterocycles. The molecule has 18 heavy (non-hydrogen) atoms. The first-order chi connectivity index (χ1) is 8.90. The molecule has 0 aliphatic rings. The van der Waals surface area contributed by atoms with E-state index in [1.807, 2.05) is 24.3 Å². The van der Waals surface area contributed by atoms with Gasteiger partial charge in [0.2, 0.25) is 0 Å². The van der Waals surface area contributed by atoms with Crippen LogP contribution in [0.4, 0.5) is 0 Å². The van der Waals surface area contributed by atoms with E-state index in [2.05, 4.69) is 37.3 Å². The van der Waals surface area contributed by atoms with Crippen molar-refractivity contribution in [3.05, 3.63) is 54.6 Å². The van der Waals surface area contributed by atoms with Crippen molar-refractivity contribution in [3.63, 3.8) is 0 Å². The van der Waals surface area contributed by atoms with Gasteiger partial charge in [-0.05, 0) is 35.7 Å². The fourth-order valence-electron chi connectivity index (χ4n) is 1.87. The van der Waals surface area contributed by atoms with E-state index in [-0.39, 0.29) is 0 Å². The standard InChI is InChI=1S/C17H19O/c1-2-3-7-14-18-17-12-10-16(11-13-17)15-8-5-4-6-9-15/h5-6,8-13H,2-3,7,14H2,1H3. The third-order valence-corrected chi connectivity index (χ3v) is 2.92. The van der Waals surface area contributed by atoms with Crippen LogP contribution in [0.15, 0.2) is 48.5 Å². The van der Waals surface area contributed by atoms with Gasteiger partial charge in [0.05, 0.1) is 6.61 Å². The molecule has 0 atom stereocenters. The Bertz CT molecular complexity index is 445. The summed E-state index contributed by atoms with van der Waals surface area (Å²) in [6, 6.07) is 19.3. The lowest BCUT2D eigenvalue weighted by Gasteiger charge is -2.07. The monoisotopic (exact) mass is 239 g/mol. The van der Waals surface area contributed by atoms with Crippen LogP contribution in [0.5, 0.6) is 5.75 Å². The molecule has 0 aliphatic carbocycles. The average Bonchev–Trinajstić information content (AvgIpc) is 2.45. The molecule has 0 unspecified atom stereocenters. The van der Waals surface area contributed by atoms with Crippen LogP contribution in [0.1, 0.15) is 26.2 Å². The second-order valence-corrected chi connectivity index (χ2v) is 4.37. The van der Waals surface area contributed by atoms with Gasteiger partial charge >= 0.3 is 0 Å². The van der Waals surface area contributed by atoms with Gasteiger partial charge in [-0.1, -0.05) is 56.2 Å². The van der Waals surface area contributed by atoms with Crippen molar-refractivity contribution >= 4 is 0 Å². The van der Waals surface area contributed by atoms with Crippen LogP contribution in [0.3, 0.4) is 0 Å². The predicted molar refractivity (Wildman–Crippen MR) is 75.7 cm³/mol. The van der Waals surface area contributed by atoms with E-state index in [0.29, 0.717) is 0 Å². The molecule has 0 amide bonds. The highest BCUT2D eigenvalue weighted by Crippen LogP contribution is 2.22. The fraction of sp³-hybridized carbons (Fsp3) is 0.294. The van der Waals surface area contributed by atoms with Gasteiger partial charge in [0, 0.05) is 0 Å². The van der Waals surface area contributed by atoms with Gasteiger partial charge in [-0.3, -0.25) is 0 Å². The van der Waals surface area contributed by atoms with Gasteiger partial charge in [0.1, 0.15) is 5.75 Å². The Morgan fingerprint density at radius 2 is 1.56 bits per heavy atom. The summed E-state index contributed by atoms with van der Waals surface area (Å²) in [4.78, 5) is 0. The molecule has 0 aliphatic heterocycles. The van der Waals surface area contributed by atoms with E-state index in [0.717, 1.165) is 18.8 Å². The molecule has 0 saturated carbocycles. The highest BCUT2D eigenvalue weighted by molar-refractivity contribution is 5.63. The summed E-state index contributed by atoms with van der Waals surface area (Å²) < 4.78 is 5.69. The van der Waals surface area contributed by atoms with Crippen molar-refractivity contribution in [3.8, 4) is 16.9 Å². The Morgan fingerprint density at radius 3 is 2.22 bits per heavy atom. The number of unbranched alkanes of at least 4 members (excludes halogenated alkanes) is 2. The van der Waals surface area contributed by atoms with E-state index in [1.165, 1.54) is 24.0 Å². The first kappa shape index (κ1) is 12.7. The third-order valence-electron chi connectivity index (χ3n) is 2.92. The molecule has 2 aromatic rings. The fourth-order valence-corrected chi connectivity index (χ4v) is 1.87. The number of hydrogen-bond acceptors (Lipinski definition) is 1. The summed E-state index contributed by atoms with van der Waals surface area (Å²) in [5.74, 6) is 0.956. The lowest BCUT2D eigenvalue weighted by molar-refractivity contribution is 0.306. The van der Waals surface area contributed by atoms with Gasteiger partial charge in [-0.25, -0.2) is 0 Å². The third kappa shape index (κ3) is 3.63. The molecule has 93 valence electrons. The number of rotatable bonds is 6. The second-order valence-electron chi connectivity index (χ2n) is 4.37. The predicted octanol–water partition coefficient (Wildman–Crippen LogP) is 4.72. The van der Waals surface area contributed by atoms with Crippen molar-refractivity contribution < 1.29 is 4.74 Å². The van der Waals surface area contributed by atoms with Crippen LogP contribution in [-0.4, -0.2) is 6.61 Å². The van der Waals surface area contributed by atoms with E-state index in [4.69, 9.17) is 4.74 Å². The largest absolute Gasteiger partial charge is 0.494 e. The molecule has 1 nitrogen and oxygen atoms in total. The Hall–Kier alpha value is -1.76. The van der Waals surface area contributed by atoms with Crippen LogP contribution in [-0.2, 0) is 0 Å². The van der Waals surface area contributed by atoms with Gasteiger partial charge in [-0.15, -0.1) is 0 Å². The van der Waals surface area contributed by atoms with Crippen molar-refractivity contribution in [2.75, 3.05) is 6.61 Å². The van der Waals surface area contributed by atoms with Crippen LogP contribution < -0.4 is 4.74 Å². The zero-order valence-electron chi connectivity index (χ0n) is 10.9. The lowest BCUT2D eigenvalue weighted by atomic mass is 10.1. The zero-order chi connectivity index (χ0) is 12.6. The van der Waals surface area contributed by atoms with E-state index >= 15 is 0 Å². The minimum atomic E-state index is 0.813. The summed E-state index contributed by atoms with van der Waals surface area (Å²) in [5, 5.41) is 0. The summed E-state index contributed by atoms with van der Waals surface area (Å²) in [6.45, 7) is 3.01. The van der Waals surface area contributed by atoms with Gasteiger partial charge in [0.25, 0.3) is 0 Å². The zero-order valence-corrected chi connectivity index (χ0v) is 10.9. The minimum absolute atomic E-state index is 0.813. The van der Waals surface area contributed by atoms with Gasteiger partial charge in [-0.2, -0.15) is 0 Å². The van der Waals surface area contributed by atoms with E-state index in [9.17, 15) is 0 Å². The lowest BCUT2D eigenvalue weighted by Crippen LogP contribution is -1.96. The first-order valence-electron chi connectivity index (χ1n) is 6.59. The summed E-state index contributed by atoms with van der Waals surface area (Å²) in [5.41, 5.74) is 2.43. The quantitative estimate of drug-likeness (QED) is 0.662. The highest BCUT2D eigenvalue weighted by Gasteiger charge is 1.97. The van der Waals surface area contributed by atoms with E-state index < -0.39 is 0 Å². The SMILES string of the molecule is CCCCCOc1ccc(-c2cc[c]cc2)cc1. The van der Waals surface area contributed by atoms with Crippen molar-refractivity contribution in [1.29, 1.82) is 0 Å². The Labute approximate surface area is 109 Å². The van der Waals surface area contributed by atoms with Crippen LogP contribution in [0.2, 0.25) is 0 Å². The Morgan fingerprint density at radius 1 is 0.889 bits per heavy atom. The number of benzene rings is 2. The van der Waals surface area contributed by atoms with Gasteiger partial charge < -0.3 is 4.74 Å². The molecular formula is C17H19O. The summed E-state index contributed by atoms with van der Waals surface area (Å²) in [6.07, 6.45) is 3.60. The smallest absolute Gasteiger partial charge is 0.119 e. The molecular weight excluding hydrogens is 220 g/mol. The van der Waals surface area contributed by atoms with Gasteiger partial charge in [0.15, 0.2) is 0 Å². The summed E-state index contributed by atoms with van der Waals surface area (Å²) in [7, 11) is 0. The highest BCUT2D eigenvalue weighted by atomic mass is 16.5. The minimum Gasteiger partial charge on any atom is -0.494 e. The molecule has 0 N–H and O–H groups in total. The van der Waals surface area contributed by atoms with Crippen molar-refractivity contribution in [2.24, 2.45) is 0 Å². The topological polar surface area (TPSA) is 9.23 Å². The number of hydrogen-bond donors (Lipinski definition) is 0. The molecule has 0 fully saturated rings. The molecule has 0 aromatic heterocycles. The molecule has 1 heteroatoms. The molecule has 1 radical (unpaired) electrons. The van der Waals surface area contributed by atoms with Crippen LogP contribution >= 0.6 is 0 Å². The van der Waals surface area contributed by atoms with E-state index in [1.54, 1.807) is 0 Å². The average molecular weight is 239 g/mol. The normalized spacial score (nSPS) is 10.3.